The Morgan fingerprint density at radius 2 is 2.06 bits per heavy atom. The van der Waals surface area contributed by atoms with E-state index >= 15 is 0 Å². The fourth-order valence-corrected chi connectivity index (χ4v) is 4.75. The number of nitrogens with one attached hydrogen (secondary N) is 1. The number of aromatic nitrogens is 1. The number of halogens is 4. The van der Waals surface area contributed by atoms with E-state index in [1.165, 1.54) is 11.0 Å². The van der Waals surface area contributed by atoms with Gasteiger partial charge in [0.25, 0.3) is 5.92 Å². The third kappa shape index (κ3) is 4.18. The van der Waals surface area contributed by atoms with Crippen molar-refractivity contribution in [1.82, 2.24) is 14.6 Å². The second-order valence-electron chi connectivity index (χ2n) is 8.07. The standard InChI is InChI=1S/C19H20F4N4O3S/c1-18(17-13(6-11(20)8-24-17)12-4-3-5-14(12)21)7-16(25-30-18)27-9-15(19(22,23)10-27)26-31(2,28)29/h3,5-6,8,15,26H,4,7,9-10H2,1-2H3/t15-,18?/m1/s1. The van der Waals surface area contributed by atoms with E-state index in [1.807, 2.05) is 4.72 Å². The van der Waals surface area contributed by atoms with Gasteiger partial charge in [0.05, 0.1) is 31.1 Å². The molecule has 12 heteroatoms. The minimum atomic E-state index is -3.84. The maximum atomic E-state index is 14.3. The second-order valence-corrected chi connectivity index (χ2v) is 9.85. The van der Waals surface area contributed by atoms with Gasteiger partial charge in [-0.3, -0.25) is 4.98 Å². The van der Waals surface area contributed by atoms with Crippen molar-refractivity contribution < 1.29 is 30.8 Å². The lowest BCUT2D eigenvalue weighted by atomic mass is 9.89. The summed E-state index contributed by atoms with van der Waals surface area (Å²) in [5, 5.41) is 3.93. The van der Waals surface area contributed by atoms with E-state index in [2.05, 4.69) is 10.1 Å². The highest BCUT2D eigenvalue weighted by Crippen LogP contribution is 2.42. The molecule has 0 bridgehead atoms. The molecule has 1 aromatic rings. The van der Waals surface area contributed by atoms with E-state index in [9.17, 15) is 26.0 Å². The van der Waals surface area contributed by atoms with Crippen LogP contribution in [0.2, 0.25) is 0 Å². The zero-order valence-electron chi connectivity index (χ0n) is 16.7. The number of pyridine rings is 1. The lowest BCUT2D eigenvalue weighted by Gasteiger charge is -2.25. The summed E-state index contributed by atoms with van der Waals surface area (Å²) >= 11 is 0. The van der Waals surface area contributed by atoms with Crippen molar-refractivity contribution in [3.8, 4) is 0 Å². The number of alkyl halides is 2. The molecule has 3 heterocycles. The van der Waals surface area contributed by atoms with Crippen LogP contribution in [0.4, 0.5) is 17.6 Å². The smallest absolute Gasteiger partial charge is 0.282 e. The Hall–Kier alpha value is -2.47. The third-order valence-electron chi connectivity index (χ3n) is 5.44. The van der Waals surface area contributed by atoms with Gasteiger partial charge < -0.3 is 9.74 Å². The highest BCUT2D eigenvalue weighted by Gasteiger charge is 2.52. The zero-order valence-corrected chi connectivity index (χ0v) is 17.5. The summed E-state index contributed by atoms with van der Waals surface area (Å²) in [6.07, 6.45) is 4.94. The van der Waals surface area contributed by atoms with E-state index in [0.717, 1.165) is 18.5 Å². The van der Waals surface area contributed by atoms with Gasteiger partial charge in [-0.2, -0.15) is 0 Å². The summed E-state index contributed by atoms with van der Waals surface area (Å²) in [7, 11) is -3.84. The fraction of sp³-hybridized carbons (Fsp3) is 0.474. The third-order valence-corrected chi connectivity index (χ3v) is 6.15. The fourth-order valence-electron chi connectivity index (χ4n) is 3.99. The number of rotatable bonds is 4. The summed E-state index contributed by atoms with van der Waals surface area (Å²) in [6, 6.07) is -0.451. The molecule has 1 unspecified atom stereocenters. The Morgan fingerprint density at radius 1 is 1.32 bits per heavy atom. The molecule has 1 aliphatic carbocycles. The first-order valence-corrected chi connectivity index (χ1v) is 11.3. The largest absolute Gasteiger partial charge is 0.381 e. The van der Waals surface area contributed by atoms with Crippen LogP contribution in [0, 0.1) is 5.82 Å². The van der Waals surface area contributed by atoms with Crippen molar-refractivity contribution in [3.63, 3.8) is 0 Å². The topological polar surface area (TPSA) is 83.9 Å². The Bertz CT molecular complexity index is 1120. The first-order chi connectivity index (χ1) is 14.4. The van der Waals surface area contributed by atoms with Crippen molar-refractivity contribution in [2.24, 2.45) is 5.16 Å². The van der Waals surface area contributed by atoms with Crippen LogP contribution in [0.1, 0.15) is 31.0 Å². The molecule has 2 atom stereocenters. The van der Waals surface area contributed by atoms with Gasteiger partial charge in [-0.05, 0) is 25.5 Å². The van der Waals surface area contributed by atoms with E-state index in [4.69, 9.17) is 4.84 Å². The van der Waals surface area contributed by atoms with Crippen LogP contribution in [0.5, 0.6) is 0 Å². The molecule has 0 saturated carbocycles. The molecule has 0 spiro atoms. The van der Waals surface area contributed by atoms with Crippen molar-refractivity contribution in [3.05, 3.63) is 47.3 Å². The monoisotopic (exact) mass is 460 g/mol. The maximum Gasteiger partial charge on any atom is 0.282 e. The number of nitrogens with zero attached hydrogens (tertiary/aromatic N) is 3. The lowest BCUT2D eigenvalue weighted by Crippen LogP contribution is -2.46. The number of likely N-dealkylation sites (tertiary alicyclic amines) is 1. The molecule has 2 aliphatic heterocycles. The van der Waals surface area contributed by atoms with Gasteiger partial charge in [0.1, 0.15) is 23.5 Å². The molecule has 1 fully saturated rings. The molecular weight excluding hydrogens is 440 g/mol. The Labute approximate surface area is 176 Å². The maximum absolute atomic E-state index is 14.3. The Kier molecular flexibility index (Phi) is 5.12. The van der Waals surface area contributed by atoms with Crippen molar-refractivity contribution >= 4 is 21.4 Å². The van der Waals surface area contributed by atoms with Gasteiger partial charge >= 0.3 is 0 Å². The highest BCUT2D eigenvalue weighted by molar-refractivity contribution is 7.88. The van der Waals surface area contributed by atoms with Gasteiger partial charge in [-0.1, -0.05) is 11.2 Å². The summed E-state index contributed by atoms with van der Waals surface area (Å²) in [4.78, 5) is 10.9. The molecule has 4 rings (SSSR count). The zero-order chi connectivity index (χ0) is 22.6. The SMILES string of the molecule is CC1(c2ncc(F)cc2C2=C(F)C=CC2)CC(N2C[C@@H](NS(C)(=O)=O)C(F)(F)C2)=NO1. The number of sulfonamides is 1. The minimum Gasteiger partial charge on any atom is -0.381 e. The van der Waals surface area contributed by atoms with E-state index in [1.54, 1.807) is 13.0 Å². The molecule has 1 N–H and O–H groups in total. The number of amidine groups is 1. The Morgan fingerprint density at radius 3 is 2.71 bits per heavy atom. The van der Waals surface area contributed by atoms with Gasteiger partial charge in [-0.15, -0.1) is 0 Å². The van der Waals surface area contributed by atoms with Crippen LogP contribution in [-0.4, -0.2) is 55.4 Å². The van der Waals surface area contributed by atoms with E-state index in [0.29, 0.717) is 0 Å². The molecular formula is C19H20F4N4O3S. The van der Waals surface area contributed by atoms with Crippen LogP contribution in [0.25, 0.3) is 5.57 Å². The minimum absolute atomic E-state index is 0.0165. The molecule has 31 heavy (non-hydrogen) atoms. The van der Waals surface area contributed by atoms with Crippen molar-refractivity contribution in [1.29, 1.82) is 0 Å². The predicted octanol–water partition coefficient (Wildman–Crippen LogP) is 2.68. The quantitative estimate of drug-likeness (QED) is 0.699. The normalized spacial score (nSPS) is 27.7. The van der Waals surface area contributed by atoms with Crippen LogP contribution >= 0.6 is 0 Å². The second kappa shape index (κ2) is 7.30. The summed E-state index contributed by atoms with van der Waals surface area (Å²) in [5.74, 6) is -4.29. The van der Waals surface area contributed by atoms with Gasteiger partial charge in [0.15, 0.2) is 5.60 Å². The average Bonchev–Trinajstić information content (AvgIpc) is 3.32. The van der Waals surface area contributed by atoms with Crippen LogP contribution in [0.3, 0.4) is 0 Å². The van der Waals surface area contributed by atoms with Gasteiger partial charge in [0, 0.05) is 17.7 Å². The molecule has 0 radical (unpaired) electrons. The van der Waals surface area contributed by atoms with E-state index < -0.39 is 45.8 Å². The number of hydrogen-bond acceptors (Lipinski definition) is 6. The molecule has 0 aromatic carbocycles. The molecule has 168 valence electrons. The summed E-state index contributed by atoms with van der Waals surface area (Å²) in [6.45, 7) is 0.562. The van der Waals surface area contributed by atoms with Gasteiger partial charge in [-0.25, -0.2) is 30.7 Å². The van der Waals surface area contributed by atoms with Crippen molar-refractivity contribution in [2.45, 2.75) is 37.3 Å². The highest BCUT2D eigenvalue weighted by atomic mass is 32.2. The Balaban J connectivity index is 1.58. The lowest BCUT2D eigenvalue weighted by molar-refractivity contribution is -0.0111. The van der Waals surface area contributed by atoms with Crippen LogP contribution < -0.4 is 4.72 Å². The molecule has 1 saturated heterocycles. The summed E-state index contributed by atoms with van der Waals surface area (Å²) in [5.41, 5.74) is -0.528. The number of hydrogen-bond donors (Lipinski definition) is 1. The van der Waals surface area contributed by atoms with E-state index in [-0.39, 0.29) is 42.1 Å². The van der Waals surface area contributed by atoms with Crippen molar-refractivity contribution in [2.75, 3.05) is 19.3 Å². The number of allylic oxidation sites excluding steroid dienone is 4. The molecule has 7 nitrogen and oxygen atoms in total. The summed E-state index contributed by atoms with van der Waals surface area (Å²) < 4.78 is 81.5. The average molecular weight is 460 g/mol. The number of oxime groups is 1. The van der Waals surface area contributed by atoms with Gasteiger partial charge in [0.2, 0.25) is 10.0 Å². The van der Waals surface area contributed by atoms with Crippen LogP contribution in [-0.2, 0) is 20.5 Å². The molecule has 3 aliphatic rings. The molecule has 0 amide bonds. The predicted molar refractivity (Wildman–Crippen MR) is 105 cm³/mol. The first-order valence-electron chi connectivity index (χ1n) is 9.45. The molecule has 1 aromatic heterocycles. The first kappa shape index (κ1) is 21.8. The van der Waals surface area contributed by atoms with Crippen LogP contribution in [0.15, 0.2) is 35.4 Å².